The quantitative estimate of drug-likeness (QED) is 0.174. The van der Waals surface area contributed by atoms with E-state index in [1.165, 1.54) is 12.1 Å². The minimum Gasteiger partial charge on any atom is -0.488 e. The number of piperidine rings is 1. The molecule has 3 aliphatic rings. The second kappa shape index (κ2) is 12.5. The van der Waals surface area contributed by atoms with Crippen LogP contribution in [0.5, 0.6) is 5.75 Å². The first-order chi connectivity index (χ1) is 23.7. The molecule has 6 nitrogen and oxygen atoms in total. The van der Waals surface area contributed by atoms with Crippen molar-refractivity contribution in [3.8, 4) is 5.75 Å². The normalized spacial score (nSPS) is 27.4. The molecule has 2 bridgehead atoms. The maximum atomic E-state index is 15.0. The molecule has 0 aromatic heterocycles. The van der Waals surface area contributed by atoms with Crippen LogP contribution in [-0.4, -0.2) is 41.1 Å². The second-order valence-corrected chi connectivity index (χ2v) is 16.3. The molecule has 4 aromatic rings. The number of likely N-dealkylation sites (tertiary alicyclic amines) is 1. The van der Waals surface area contributed by atoms with E-state index in [1.807, 2.05) is 80.3 Å². The maximum absolute atomic E-state index is 15.0. The molecule has 4 aromatic carbocycles. The third-order valence-electron chi connectivity index (χ3n) is 12.2. The van der Waals surface area contributed by atoms with Crippen LogP contribution >= 0.6 is 0 Å². The summed E-state index contributed by atoms with van der Waals surface area (Å²) < 4.78 is 33.7. The zero-order chi connectivity index (χ0) is 35.5. The summed E-state index contributed by atoms with van der Waals surface area (Å²) in [6.07, 6.45) is 1.32. The summed E-state index contributed by atoms with van der Waals surface area (Å²) in [7, 11) is 0. The number of fused-ring (bicyclic) bond motifs is 3. The zero-order valence-electron chi connectivity index (χ0n) is 30.0. The van der Waals surface area contributed by atoms with E-state index < -0.39 is 27.9 Å². The van der Waals surface area contributed by atoms with Gasteiger partial charge in [0.15, 0.2) is 5.60 Å². The van der Waals surface area contributed by atoms with E-state index in [1.54, 1.807) is 0 Å². The summed E-state index contributed by atoms with van der Waals surface area (Å²) in [4.78, 5) is 30.1. The minimum absolute atomic E-state index is 0.0939. The number of carbonyl (C=O) groups excluding carboxylic acids is 2. The van der Waals surface area contributed by atoms with Crippen LogP contribution < -0.4 is 4.74 Å². The third-order valence-corrected chi connectivity index (χ3v) is 12.2. The molecular formula is C43H48FNO5. The van der Waals surface area contributed by atoms with Gasteiger partial charge in [-0.3, -0.25) is 9.59 Å². The van der Waals surface area contributed by atoms with Crippen LogP contribution in [0.4, 0.5) is 4.39 Å². The van der Waals surface area contributed by atoms with Crippen LogP contribution in [0.15, 0.2) is 91.0 Å². The fraction of sp³-hybridized carbons (Fsp3) is 0.442. The molecule has 0 spiro atoms. The molecule has 7 rings (SSSR count). The lowest BCUT2D eigenvalue weighted by atomic mass is 9.65. The van der Waals surface area contributed by atoms with Crippen LogP contribution in [-0.2, 0) is 32.3 Å². The molecule has 1 amide bonds. The molecule has 7 heteroatoms. The van der Waals surface area contributed by atoms with Gasteiger partial charge in [-0.25, -0.2) is 4.39 Å². The Morgan fingerprint density at radius 2 is 1.60 bits per heavy atom. The molecule has 0 radical (unpaired) electrons. The van der Waals surface area contributed by atoms with Crippen molar-refractivity contribution in [1.29, 1.82) is 0 Å². The van der Waals surface area contributed by atoms with Gasteiger partial charge < -0.3 is 19.1 Å². The number of ether oxygens (including phenoxy) is 3. The average Bonchev–Trinajstić information content (AvgIpc) is 3.39. The Morgan fingerprint density at radius 3 is 2.26 bits per heavy atom. The molecule has 2 heterocycles. The summed E-state index contributed by atoms with van der Waals surface area (Å²) in [5.41, 5.74) is 0.00893. The summed E-state index contributed by atoms with van der Waals surface area (Å²) in [6, 6.07) is 28.8. The van der Waals surface area contributed by atoms with Gasteiger partial charge in [0.2, 0.25) is 0 Å². The van der Waals surface area contributed by atoms with Crippen LogP contribution in [0, 0.1) is 22.1 Å². The van der Waals surface area contributed by atoms with Crippen molar-refractivity contribution >= 4 is 22.6 Å². The Hall–Kier alpha value is -4.23. The second-order valence-electron chi connectivity index (χ2n) is 16.3. The molecule has 2 aliphatic heterocycles. The minimum atomic E-state index is -1.22. The molecular weight excluding hydrogens is 629 g/mol. The number of carbonyl (C=O) groups is 2. The van der Waals surface area contributed by atoms with E-state index >= 15 is 0 Å². The lowest BCUT2D eigenvalue weighted by molar-refractivity contribution is -0.184. The molecule has 5 atom stereocenters. The number of nitrogens with zero attached hydrogens (tertiary/aromatic N) is 1. The average molecular weight is 678 g/mol. The van der Waals surface area contributed by atoms with E-state index in [0.717, 1.165) is 33.2 Å². The zero-order valence-corrected chi connectivity index (χ0v) is 30.0. The first-order valence-corrected chi connectivity index (χ1v) is 17.9. The standard InChI is InChI=1S/C43H48FNO5/c1-40(2,3)37-36(49-27-29-24-31-14-10-11-15-33(31)35(25-29)48-26-28-12-8-7-9-13-28)34(30-16-18-32(44)19-17-30)20-23-45(37)38(46)43-22-21-42(6,39(47)50-43)41(43,4)5/h7-19,24-25,34,36-37H,20-23,26-27H2,1-6H3/t34-,36-,37?,42-,43+/m0/s1. The Balaban J connectivity index is 1.24. The molecule has 1 aliphatic carbocycles. The van der Waals surface area contributed by atoms with Gasteiger partial charge in [0.05, 0.1) is 24.2 Å². The van der Waals surface area contributed by atoms with Gasteiger partial charge in [-0.1, -0.05) is 101 Å². The van der Waals surface area contributed by atoms with Crippen LogP contribution in [0.1, 0.15) is 83.4 Å². The van der Waals surface area contributed by atoms with E-state index in [-0.39, 0.29) is 36.3 Å². The van der Waals surface area contributed by atoms with Crippen LogP contribution in [0.2, 0.25) is 0 Å². The monoisotopic (exact) mass is 677 g/mol. The van der Waals surface area contributed by atoms with Gasteiger partial charge >= 0.3 is 5.97 Å². The third kappa shape index (κ3) is 5.58. The van der Waals surface area contributed by atoms with E-state index in [4.69, 9.17) is 14.2 Å². The summed E-state index contributed by atoms with van der Waals surface area (Å²) >= 11 is 0. The maximum Gasteiger partial charge on any atom is 0.313 e. The first-order valence-electron chi connectivity index (χ1n) is 17.9. The SMILES string of the molecule is CC(C)(C)C1[C@@H](OCc2cc(OCc3ccccc3)c3ccccc3c2)[C@H](c2ccc(F)cc2)CCN1C(=O)[C@@]12CC[C@@](C)(C(=O)O1)C2(C)C. The van der Waals surface area contributed by atoms with Crippen LogP contribution in [0.3, 0.4) is 0 Å². The number of hydrogen-bond acceptors (Lipinski definition) is 5. The lowest BCUT2D eigenvalue weighted by Crippen LogP contribution is -2.65. The van der Waals surface area contributed by atoms with Crippen molar-refractivity contribution in [2.24, 2.45) is 16.2 Å². The predicted molar refractivity (Wildman–Crippen MR) is 192 cm³/mol. The van der Waals surface area contributed by atoms with E-state index in [0.29, 0.717) is 32.4 Å². The summed E-state index contributed by atoms with van der Waals surface area (Å²) in [6.45, 7) is 13.5. The van der Waals surface area contributed by atoms with Crippen LogP contribution in [0.25, 0.3) is 10.8 Å². The Kier molecular flexibility index (Phi) is 8.57. The Morgan fingerprint density at radius 1 is 0.900 bits per heavy atom. The van der Waals surface area contributed by atoms with Gasteiger partial charge in [0.25, 0.3) is 5.91 Å². The van der Waals surface area contributed by atoms with Crippen molar-refractivity contribution in [2.75, 3.05) is 6.54 Å². The van der Waals surface area contributed by atoms with Gasteiger partial charge in [0.1, 0.15) is 18.2 Å². The highest BCUT2D eigenvalue weighted by Crippen LogP contribution is 2.66. The topological polar surface area (TPSA) is 65.1 Å². The molecule has 50 heavy (non-hydrogen) atoms. The van der Waals surface area contributed by atoms with E-state index in [2.05, 4.69) is 45.0 Å². The highest BCUT2D eigenvalue weighted by Gasteiger charge is 2.76. The van der Waals surface area contributed by atoms with E-state index in [9.17, 15) is 14.0 Å². The lowest BCUT2D eigenvalue weighted by Gasteiger charge is -2.53. The number of hydrogen-bond donors (Lipinski definition) is 0. The van der Waals surface area contributed by atoms with Crippen molar-refractivity contribution in [2.45, 2.75) is 97.7 Å². The molecule has 262 valence electrons. The van der Waals surface area contributed by atoms with Gasteiger partial charge in [-0.2, -0.15) is 0 Å². The number of amides is 1. The van der Waals surface area contributed by atoms with Crippen molar-refractivity contribution in [3.05, 3.63) is 114 Å². The molecule has 1 unspecified atom stereocenters. The van der Waals surface area contributed by atoms with Gasteiger partial charge in [-0.15, -0.1) is 0 Å². The molecule has 2 saturated heterocycles. The van der Waals surface area contributed by atoms with Crippen molar-refractivity contribution < 1.29 is 28.2 Å². The number of esters is 1. The van der Waals surface area contributed by atoms with Gasteiger partial charge in [-0.05, 0) is 77.9 Å². The highest BCUT2D eigenvalue weighted by atomic mass is 19.1. The first kappa shape index (κ1) is 34.2. The fourth-order valence-corrected chi connectivity index (χ4v) is 8.86. The smallest absolute Gasteiger partial charge is 0.313 e. The molecule has 1 saturated carbocycles. The highest BCUT2D eigenvalue weighted by molar-refractivity contribution is 5.96. The number of halogens is 1. The van der Waals surface area contributed by atoms with Crippen molar-refractivity contribution in [3.63, 3.8) is 0 Å². The number of benzene rings is 4. The summed E-state index contributed by atoms with van der Waals surface area (Å²) in [5, 5.41) is 2.07. The Labute approximate surface area is 294 Å². The predicted octanol–water partition coefficient (Wildman–Crippen LogP) is 9.00. The van der Waals surface area contributed by atoms with Crippen molar-refractivity contribution in [1.82, 2.24) is 4.90 Å². The molecule has 0 N–H and O–H groups in total. The Bertz CT molecular complexity index is 1900. The summed E-state index contributed by atoms with van der Waals surface area (Å²) in [5.74, 6) is -0.0275. The largest absolute Gasteiger partial charge is 0.488 e. The number of rotatable bonds is 8. The fourth-order valence-electron chi connectivity index (χ4n) is 8.86. The molecule has 3 fully saturated rings. The van der Waals surface area contributed by atoms with Gasteiger partial charge in [0, 0.05) is 23.3 Å².